The van der Waals surface area contributed by atoms with Crippen LogP contribution in [0.4, 0.5) is 4.79 Å². The fraction of sp³-hybridized carbons (Fsp3) is 0.474. The molecular weight excluding hydrogens is 346 g/mol. The largest absolute Gasteiger partial charge is 0.339 e. The highest BCUT2D eigenvalue weighted by Gasteiger charge is 2.34. The molecule has 3 amide bonds. The number of nitrogens with one attached hydrogen (secondary N) is 1. The molecule has 0 radical (unpaired) electrons. The van der Waals surface area contributed by atoms with Gasteiger partial charge in [0, 0.05) is 26.1 Å². The molecule has 0 aliphatic carbocycles. The lowest BCUT2D eigenvalue weighted by molar-refractivity contribution is -0.139. The number of amides is 3. The monoisotopic (exact) mass is 371 g/mol. The summed E-state index contributed by atoms with van der Waals surface area (Å²) >= 11 is 0. The second-order valence-corrected chi connectivity index (χ2v) is 6.73. The number of piperazine rings is 1. The van der Waals surface area contributed by atoms with Gasteiger partial charge in [0.2, 0.25) is 11.8 Å². The van der Waals surface area contributed by atoms with Gasteiger partial charge in [-0.05, 0) is 19.4 Å². The first-order valence-electron chi connectivity index (χ1n) is 9.18. The van der Waals surface area contributed by atoms with Gasteiger partial charge in [0.1, 0.15) is 6.04 Å². The van der Waals surface area contributed by atoms with Gasteiger partial charge >= 0.3 is 6.03 Å². The second kappa shape index (κ2) is 8.20. The van der Waals surface area contributed by atoms with Gasteiger partial charge in [0.05, 0.1) is 6.54 Å². The zero-order valence-corrected chi connectivity index (χ0v) is 15.9. The molecule has 8 nitrogen and oxygen atoms in total. The summed E-state index contributed by atoms with van der Waals surface area (Å²) in [5.74, 6) is 0.913. The van der Waals surface area contributed by atoms with Gasteiger partial charge in [-0.3, -0.25) is 4.79 Å². The van der Waals surface area contributed by atoms with E-state index in [0.29, 0.717) is 37.8 Å². The van der Waals surface area contributed by atoms with Crippen LogP contribution in [0.15, 0.2) is 28.8 Å². The summed E-state index contributed by atoms with van der Waals surface area (Å²) < 4.78 is 5.02. The summed E-state index contributed by atoms with van der Waals surface area (Å²) in [5.41, 5.74) is 2.26. The molecule has 1 fully saturated rings. The average molecular weight is 371 g/mol. The third-order valence-corrected chi connectivity index (χ3v) is 4.67. The number of nitrogens with zero attached hydrogens (tertiary/aromatic N) is 4. The average Bonchev–Trinajstić information content (AvgIpc) is 3.12. The molecule has 1 aliphatic heterocycles. The Balaban J connectivity index is 1.56. The van der Waals surface area contributed by atoms with Crippen LogP contribution in [0.2, 0.25) is 0 Å². The summed E-state index contributed by atoms with van der Waals surface area (Å²) in [6.07, 6.45) is 0.648. The van der Waals surface area contributed by atoms with E-state index in [0.717, 1.165) is 5.56 Å². The molecule has 1 aromatic heterocycles. The number of carbonyl (C=O) groups is 2. The molecule has 1 atom stereocenters. The van der Waals surface area contributed by atoms with Crippen molar-refractivity contribution in [3.63, 3.8) is 0 Å². The van der Waals surface area contributed by atoms with Crippen molar-refractivity contribution in [2.75, 3.05) is 13.1 Å². The van der Waals surface area contributed by atoms with Crippen LogP contribution < -0.4 is 5.32 Å². The summed E-state index contributed by atoms with van der Waals surface area (Å²) in [4.78, 5) is 32.7. The van der Waals surface area contributed by atoms with Gasteiger partial charge in [0.15, 0.2) is 5.82 Å². The molecule has 3 rings (SSSR count). The van der Waals surface area contributed by atoms with Gasteiger partial charge in [-0.2, -0.15) is 4.98 Å². The predicted octanol–water partition coefficient (Wildman–Crippen LogP) is 1.88. The first-order chi connectivity index (χ1) is 13.0. The van der Waals surface area contributed by atoms with Gasteiger partial charge in [0.25, 0.3) is 0 Å². The Hall–Kier alpha value is -2.90. The maximum atomic E-state index is 12.7. The number of aromatic nitrogens is 2. The number of hydrogen-bond acceptors (Lipinski definition) is 5. The predicted molar refractivity (Wildman–Crippen MR) is 98.7 cm³/mol. The number of hydrogen-bond donors (Lipinski definition) is 1. The summed E-state index contributed by atoms with van der Waals surface area (Å²) in [6.45, 7) is 7.43. The summed E-state index contributed by atoms with van der Waals surface area (Å²) in [5, 5.41) is 6.57. The van der Waals surface area contributed by atoms with Crippen LogP contribution in [0.25, 0.3) is 0 Å². The van der Waals surface area contributed by atoms with Crippen molar-refractivity contribution < 1.29 is 14.1 Å². The molecule has 0 spiro atoms. The summed E-state index contributed by atoms with van der Waals surface area (Å²) in [7, 11) is 0. The minimum absolute atomic E-state index is 0.0502. The van der Waals surface area contributed by atoms with Crippen LogP contribution in [0.3, 0.4) is 0 Å². The number of aryl methyl sites for hydroxylation is 2. The van der Waals surface area contributed by atoms with Crippen molar-refractivity contribution in [2.24, 2.45) is 0 Å². The molecule has 2 heterocycles. The van der Waals surface area contributed by atoms with Crippen molar-refractivity contribution in [3.05, 3.63) is 47.1 Å². The SMILES string of the molecule is CCc1nc(CNC(=O)N2CCN(Cc3cccc(C)c3)C(=O)C2C)no1. The highest BCUT2D eigenvalue weighted by Crippen LogP contribution is 2.15. The van der Waals surface area contributed by atoms with E-state index in [1.807, 2.05) is 32.0 Å². The molecule has 1 aliphatic rings. The minimum Gasteiger partial charge on any atom is -0.339 e. The highest BCUT2D eigenvalue weighted by atomic mass is 16.5. The lowest BCUT2D eigenvalue weighted by Gasteiger charge is -2.39. The Kier molecular flexibility index (Phi) is 5.73. The van der Waals surface area contributed by atoms with E-state index in [4.69, 9.17) is 4.52 Å². The molecule has 27 heavy (non-hydrogen) atoms. The quantitative estimate of drug-likeness (QED) is 0.866. The molecule has 1 saturated heterocycles. The Bertz CT molecular complexity index is 819. The van der Waals surface area contributed by atoms with Crippen LogP contribution in [-0.2, 0) is 24.3 Å². The normalized spacial score (nSPS) is 17.3. The van der Waals surface area contributed by atoms with Crippen LogP contribution in [0.5, 0.6) is 0 Å². The fourth-order valence-electron chi connectivity index (χ4n) is 3.16. The standard InChI is InChI=1S/C19H25N5O3/c1-4-17-21-16(22-27-17)11-20-19(26)24-9-8-23(18(25)14(24)3)12-15-7-5-6-13(2)10-15/h5-7,10,14H,4,8-9,11-12H2,1-3H3,(H,20,26). The molecule has 2 aromatic rings. The Morgan fingerprint density at radius 2 is 2.19 bits per heavy atom. The van der Waals surface area contributed by atoms with Gasteiger partial charge < -0.3 is 19.6 Å². The zero-order chi connectivity index (χ0) is 19.4. The number of rotatable bonds is 5. The molecular formula is C19H25N5O3. The molecule has 144 valence electrons. The van der Waals surface area contributed by atoms with Crippen LogP contribution in [0.1, 0.15) is 36.7 Å². The lowest BCUT2D eigenvalue weighted by Crippen LogP contribution is -2.59. The number of benzene rings is 1. The van der Waals surface area contributed by atoms with Crippen LogP contribution >= 0.6 is 0 Å². The third kappa shape index (κ3) is 4.45. The number of urea groups is 1. The number of carbonyl (C=O) groups excluding carboxylic acids is 2. The van der Waals surface area contributed by atoms with E-state index in [9.17, 15) is 9.59 Å². The lowest BCUT2D eigenvalue weighted by atomic mass is 10.1. The van der Waals surface area contributed by atoms with E-state index in [1.165, 1.54) is 5.56 Å². The third-order valence-electron chi connectivity index (χ3n) is 4.67. The van der Waals surface area contributed by atoms with Crippen molar-refractivity contribution in [1.29, 1.82) is 0 Å². The smallest absolute Gasteiger partial charge is 0.318 e. The van der Waals surface area contributed by atoms with Crippen molar-refractivity contribution in [3.8, 4) is 0 Å². The van der Waals surface area contributed by atoms with E-state index in [1.54, 1.807) is 16.7 Å². The summed E-state index contributed by atoms with van der Waals surface area (Å²) in [6, 6.07) is 7.30. The van der Waals surface area contributed by atoms with Crippen molar-refractivity contribution in [2.45, 2.75) is 46.3 Å². The molecule has 1 unspecified atom stereocenters. The van der Waals surface area contributed by atoms with Gasteiger partial charge in [-0.25, -0.2) is 4.79 Å². The van der Waals surface area contributed by atoms with E-state index >= 15 is 0 Å². The molecule has 0 bridgehead atoms. The van der Waals surface area contributed by atoms with Crippen molar-refractivity contribution in [1.82, 2.24) is 25.3 Å². The first-order valence-corrected chi connectivity index (χ1v) is 9.18. The fourth-order valence-corrected chi connectivity index (χ4v) is 3.16. The van der Waals surface area contributed by atoms with Crippen LogP contribution in [-0.4, -0.2) is 51.0 Å². The second-order valence-electron chi connectivity index (χ2n) is 6.73. The van der Waals surface area contributed by atoms with Gasteiger partial charge in [-0.1, -0.05) is 41.9 Å². The topological polar surface area (TPSA) is 91.6 Å². The highest BCUT2D eigenvalue weighted by molar-refractivity contribution is 5.88. The van der Waals surface area contributed by atoms with E-state index < -0.39 is 6.04 Å². The molecule has 1 N–H and O–H groups in total. The first kappa shape index (κ1) is 18.9. The minimum atomic E-state index is -0.514. The Morgan fingerprint density at radius 3 is 2.89 bits per heavy atom. The van der Waals surface area contributed by atoms with Gasteiger partial charge in [-0.15, -0.1) is 0 Å². The molecule has 1 aromatic carbocycles. The van der Waals surface area contributed by atoms with E-state index in [2.05, 4.69) is 21.5 Å². The molecule has 8 heteroatoms. The van der Waals surface area contributed by atoms with Crippen molar-refractivity contribution >= 4 is 11.9 Å². The zero-order valence-electron chi connectivity index (χ0n) is 15.9. The Labute approximate surface area is 158 Å². The maximum Gasteiger partial charge on any atom is 0.318 e. The maximum absolute atomic E-state index is 12.7. The molecule has 0 saturated carbocycles. The van der Waals surface area contributed by atoms with Crippen LogP contribution in [0, 0.1) is 6.92 Å². The van der Waals surface area contributed by atoms with E-state index in [-0.39, 0.29) is 18.5 Å². The Morgan fingerprint density at radius 1 is 1.37 bits per heavy atom.